The van der Waals surface area contributed by atoms with Crippen LogP contribution in [0.25, 0.3) is 0 Å². The molecule has 0 aromatic carbocycles. The van der Waals surface area contributed by atoms with E-state index in [4.69, 9.17) is 14.2 Å². The van der Waals surface area contributed by atoms with Gasteiger partial charge in [0.25, 0.3) is 0 Å². The van der Waals surface area contributed by atoms with Crippen LogP contribution in [0.4, 0.5) is 0 Å². The molecule has 0 amide bonds. The van der Waals surface area contributed by atoms with Crippen molar-refractivity contribution in [2.75, 3.05) is 13.2 Å². The zero-order valence-corrected chi connectivity index (χ0v) is 51.6. The molecule has 450 valence electrons. The summed E-state index contributed by atoms with van der Waals surface area (Å²) in [5.41, 5.74) is 0. The first-order valence-corrected chi connectivity index (χ1v) is 33.0. The van der Waals surface area contributed by atoms with Gasteiger partial charge in [-0.15, -0.1) is 0 Å². The maximum absolute atomic E-state index is 12.9. The van der Waals surface area contributed by atoms with Crippen LogP contribution in [0.1, 0.15) is 303 Å². The summed E-state index contributed by atoms with van der Waals surface area (Å²) in [5, 5.41) is 0. The number of esters is 3. The Morgan fingerprint density at radius 1 is 0.266 bits per heavy atom. The fourth-order valence-corrected chi connectivity index (χ4v) is 9.00. The molecule has 0 aliphatic heterocycles. The van der Waals surface area contributed by atoms with Crippen LogP contribution in [-0.2, 0) is 28.6 Å². The second-order valence-corrected chi connectivity index (χ2v) is 21.6. The van der Waals surface area contributed by atoms with Gasteiger partial charge in [0.05, 0.1) is 0 Å². The van der Waals surface area contributed by atoms with Crippen LogP contribution in [0.3, 0.4) is 0 Å². The van der Waals surface area contributed by atoms with Crippen molar-refractivity contribution in [3.8, 4) is 0 Å². The molecule has 0 heterocycles. The summed E-state index contributed by atoms with van der Waals surface area (Å²) in [6.45, 7) is 6.45. The molecular formula is C73H122O6. The summed E-state index contributed by atoms with van der Waals surface area (Å²) < 4.78 is 16.9. The van der Waals surface area contributed by atoms with E-state index < -0.39 is 12.1 Å². The lowest BCUT2D eigenvalue weighted by molar-refractivity contribution is -0.166. The van der Waals surface area contributed by atoms with Crippen LogP contribution < -0.4 is 0 Å². The van der Waals surface area contributed by atoms with E-state index in [0.29, 0.717) is 19.3 Å². The summed E-state index contributed by atoms with van der Waals surface area (Å²) in [6.07, 6.45) is 92.1. The number of hydrogen-bond acceptors (Lipinski definition) is 6. The van der Waals surface area contributed by atoms with Gasteiger partial charge >= 0.3 is 17.9 Å². The predicted molar refractivity (Wildman–Crippen MR) is 343 cm³/mol. The molecule has 1 atom stereocenters. The lowest BCUT2D eigenvalue weighted by Crippen LogP contribution is -2.30. The average molecular weight is 1100 g/mol. The van der Waals surface area contributed by atoms with Crippen molar-refractivity contribution in [1.82, 2.24) is 0 Å². The molecule has 0 aliphatic carbocycles. The molecule has 6 nitrogen and oxygen atoms in total. The largest absolute Gasteiger partial charge is 0.462 e. The highest BCUT2D eigenvalue weighted by Gasteiger charge is 2.19. The number of ether oxygens (including phenoxy) is 3. The van der Waals surface area contributed by atoms with Crippen molar-refractivity contribution in [3.63, 3.8) is 0 Å². The summed E-state index contributed by atoms with van der Waals surface area (Å²) >= 11 is 0. The third kappa shape index (κ3) is 64.5. The Bertz CT molecular complexity index is 1640. The van der Waals surface area contributed by atoms with Gasteiger partial charge < -0.3 is 14.2 Å². The number of allylic oxidation sites excluding steroid dienone is 20. The Labute approximate surface area is 488 Å². The van der Waals surface area contributed by atoms with Crippen molar-refractivity contribution < 1.29 is 28.6 Å². The van der Waals surface area contributed by atoms with Gasteiger partial charge in [-0.2, -0.15) is 0 Å². The quantitative estimate of drug-likeness (QED) is 0.0261. The molecule has 0 radical (unpaired) electrons. The van der Waals surface area contributed by atoms with E-state index in [-0.39, 0.29) is 31.6 Å². The van der Waals surface area contributed by atoms with Crippen LogP contribution in [0.2, 0.25) is 0 Å². The minimum atomic E-state index is -0.826. The normalized spacial score (nSPS) is 12.9. The van der Waals surface area contributed by atoms with Gasteiger partial charge in [-0.25, -0.2) is 0 Å². The summed E-state index contributed by atoms with van der Waals surface area (Å²) in [4.78, 5) is 38.4. The first-order valence-electron chi connectivity index (χ1n) is 33.0. The fourth-order valence-electron chi connectivity index (χ4n) is 9.00. The van der Waals surface area contributed by atoms with Crippen LogP contribution >= 0.6 is 0 Å². The Hall–Kier alpha value is -4.19. The van der Waals surface area contributed by atoms with E-state index in [0.717, 1.165) is 89.9 Å². The van der Waals surface area contributed by atoms with Gasteiger partial charge in [-0.05, 0) is 122 Å². The van der Waals surface area contributed by atoms with Crippen molar-refractivity contribution in [3.05, 3.63) is 122 Å². The van der Waals surface area contributed by atoms with Gasteiger partial charge in [0, 0.05) is 19.3 Å². The van der Waals surface area contributed by atoms with Crippen molar-refractivity contribution in [1.29, 1.82) is 0 Å². The van der Waals surface area contributed by atoms with Gasteiger partial charge in [0.2, 0.25) is 0 Å². The molecule has 0 aliphatic rings. The molecule has 0 fully saturated rings. The molecule has 0 aromatic rings. The smallest absolute Gasteiger partial charge is 0.306 e. The van der Waals surface area contributed by atoms with Gasteiger partial charge in [0.1, 0.15) is 13.2 Å². The third-order valence-electron chi connectivity index (χ3n) is 13.9. The Morgan fingerprint density at radius 2 is 0.519 bits per heavy atom. The number of carbonyl (C=O) groups excluding carboxylic acids is 3. The Kier molecular flexibility index (Phi) is 62.8. The van der Waals surface area contributed by atoms with Crippen LogP contribution in [0.15, 0.2) is 122 Å². The summed E-state index contributed by atoms with van der Waals surface area (Å²) in [6, 6.07) is 0. The molecule has 0 aromatic heterocycles. The molecule has 0 spiro atoms. The molecular weight excluding hydrogens is 973 g/mol. The highest BCUT2D eigenvalue weighted by molar-refractivity contribution is 5.71. The minimum absolute atomic E-state index is 0.112. The zero-order valence-electron chi connectivity index (χ0n) is 51.6. The third-order valence-corrected chi connectivity index (χ3v) is 13.9. The summed E-state index contributed by atoms with van der Waals surface area (Å²) in [5.74, 6) is -0.997. The van der Waals surface area contributed by atoms with Crippen molar-refractivity contribution in [2.24, 2.45) is 0 Å². The van der Waals surface area contributed by atoms with E-state index >= 15 is 0 Å². The molecule has 6 heteroatoms. The number of rotatable bonds is 59. The maximum Gasteiger partial charge on any atom is 0.306 e. The van der Waals surface area contributed by atoms with Crippen molar-refractivity contribution in [2.45, 2.75) is 309 Å². The number of unbranched alkanes of at least 4 members (excludes halogenated alkanes) is 28. The molecule has 79 heavy (non-hydrogen) atoms. The van der Waals surface area contributed by atoms with Crippen molar-refractivity contribution >= 4 is 17.9 Å². The van der Waals surface area contributed by atoms with Crippen LogP contribution in [0.5, 0.6) is 0 Å². The zero-order chi connectivity index (χ0) is 57.1. The molecule has 1 unspecified atom stereocenters. The van der Waals surface area contributed by atoms with E-state index in [1.54, 1.807) is 0 Å². The monoisotopic (exact) mass is 1090 g/mol. The Balaban J connectivity index is 4.47. The van der Waals surface area contributed by atoms with E-state index in [1.165, 1.54) is 167 Å². The standard InChI is InChI=1S/C73H122O6/c1-4-7-10-13-16-19-22-25-28-31-34-35-36-37-40-42-45-48-51-54-57-60-63-66-72(75)78-69-70(79-73(76)67-64-61-58-55-52-49-46-43-39-33-30-27-24-21-18-15-12-9-6-3)68-77-71(74)65-62-59-56-53-50-47-44-41-38-32-29-26-23-20-17-14-11-8-5-2/h9,12,17-18,20-22,25-27,29-31,34,39,43,49,52,58,61,70H,4-8,10-11,13-16,19,23-24,28,32-33,35-38,40-42,44-48,50-51,53-57,59-60,62-69H2,1-3H3/b12-9-,20-17-,21-18-,25-22-,29-26-,30-27-,34-31-,43-39-,52-49-,61-58-. The predicted octanol–water partition coefficient (Wildman–Crippen LogP) is 22.8. The highest BCUT2D eigenvalue weighted by atomic mass is 16.6. The first-order chi connectivity index (χ1) is 39.0. The number of carbonyl (C=O) groups is 3. The second kappa shape index (κ2) is 66.3. The number of hydrogen-bond donors (Lipinski definition) is 0. The topological polar surface area (TPSA) is 78.9 Å². The SMILES string of the molecule is CC/C=C\C/C=C\C/C=C\C/C=C\C/C=C\C/C=C\CCC(=O)OC(COC(=O)CCCCCCCCCCC/C=C\C/C=C\CCCCC)COC(=O)CCCCCCCCCCCCC/C=C\C/C=C\CCCCCCC. The summed E-state index contributed by atoms with van der Waals surface area (Å²) in [7, 11) is 0. The lowest BCUT2D eigenvalue weighted by Gasteiger charge is -2.18. The first kappa shape index (κ1) is 74.8. The van der Waals surface area contributed by atoms with Gasteiger partial charge in [-0.3, -0.25) is 14.4 Å². The van der Waals surface area contributed by atoms with E-state index in [9.17, 15) is 14.4 Å². The Morgan fingerprint density at radius 3 is 0.848 bits per heavy atom. The van der Waals surface area contributed by atoms with Crippen LogP contribution in [-0.4, -0.2) is 37.2 Å². The van der Waals surface area contributed by atoms with Gasteiger partial charge in [-0.1, -0.05) is 284 Å². The molecule has 0 bridgehead atoms. The fraction of sp³-hybridized carbons (Fsp3) is 0.685. The molecule has 0 saturated heterocycles. The molecule has 0 rings (SSSR count). The highest BCUT2D eigenvalue weighted by Crippen LogP contribution is 2.16. The minimum Gasteiger partial charge on any atom is -0.462 e. The van der Waals surface area contributed by atoms with E-state index in [1.807, 2.05) is 6.08 Å². The lowest BCUT2D eigenvalue weighted by atomic mass is 10.0. The molecule has 0 saturated carbocycles. The second-order valence-electron chi connectivity index (χ2n) is 21.6. The molecule has 0 N–H and O–H groups in total. The average Bonchev–Trinajstić information content (AvgIpc) is 3.45. The maximum atomic E-state index is 12.9. The van der Waals surface area contributed by atoms with E-state index in [2.05, 4.69) is 136 Å². The van der Waals surface area contributed by atoms with Crippen LogP contribution in [0, 0.1) is 0 Å². The van der Waals surface area contributed by atoms with Gasteiger partial charge in [0.15, 0.2) is 6.10 Å².